The number of aromatic nitrogens is 2. The molecule has 0 saturated carbocycles. The number of rotatable bonds is 8. The second-order valence-electron chi connectivity index (χ2n) is 14.2. The fourth-order valence-corrected chi connectivity index (χ4v) is 6.77. The first-order valence-electron chi connectivity index (χ1n) is 16.4. The van der Waals surface area contributed by atoms with Gasteiger partial charge in [-0.3, -0.25) is 9.78 Å². The molecule has 2 aromatic carbocycles. The van der Waals surface area contributed by atoms with E-state index in [0.717, 1.165) is 48.9 Å². The summed E-state index contributed by atoms with van der Waals surface area (Å²) in [7, 11) is 0. The molecule has 4 aromatic rings. The van der Waals surface area contributed by atoms with Crippen LogP contribution in [-0.2, 0) is 36.7 Å². The van der Waals surface area contributed by atoms with Crippen molar-refractivity contribution < 1.29 is 30.0 Å². The van der Waals surface area contributed by atoms with E-state index in [9.17, 15) is 9.90 Å². The van der Waals surface area contributed by atoms with Crippen LogP contribution in [0.15, 0.2) is 54.6 Å². The molecule has 0 fully saturated rings. The van der Waals surface area contributed by atoms with E-state index in [0.29, 0.717) is 0 Å². The molecule has 0 spiro atoms. The van der Waals surface area contributed by atoms with Crippen molar-refractivity contribution >= 4 is 27.5 Å². The third-order valence-electron chi connectivity index (χ3n) is 9.32. The zero-order chi connectivity index (χ0) is 32.4. The molecule has 2 heterocycles. The molecule has 5 heteroatoms. The van der Waals surface area contributed by atoms with Crippen molar-refractivity contribution in [3.05, 3.63) is 82.9 Å². The minimum atomic E-state index is -0.155. The Morgan fingerprint density at radius 2 is 1.62 bits per heavy atom. The summed E-state index contributed by atoms with van der Waals surface area (Å²) < 4.78 is 0. The smallest absolute Gasteiger partial charge is 0.162 e. The van der Waals surface area contributed by atoms with Crippen molar-refractivity contribution in [3.63, 3.8) is 0 Å². The number of pyridine rings is 2. The zero-order valence-electron chi connectivity index (χ0n) is 28.9. The van der Waals surface area contributed by atoms with Gasteiger partial charge in [0.05, 0.1) is 11.3 Å². The largest absolute Gasteiger partial charge is 0.512 e. The number of nitrogens with zero attached hydrogens (tertiary/aromatic N) is 2. The van der Waals surface area contributed by atoms with Crippen LogP contribution in [0.4, 0.5) is 0 Å². The molecule has 5 rings (SSSR count). The van der Waals surface area contributed by atoms with Crippen LogP contribution < -0.4 is 0 Å². The van der Waals surface area contributed by atoms with Gasteiger partial charge in [-0.25, -0.2) is 0 Å². The van der Waals surface area contributed by atoms with Crippen LogP contribution in [0.5, 0.6) is 0 Å². The number of aliphatic hydroxyl groups excluding tert-OH is 1. The summed E-state index contributed by atoms with van der Waals surface area (Å²) in [5.41, 5.74) is 8.40. The van der Waals surface area contributed by atoms with Crippen molar-refractivity contribution in [1.82, 2.24) is 9.97 Å². The molecule has 0 bridgehead atoms. The maximum Gasteiger partial charge on any atom is 0.162 e. The van der Waals surface area contributed by atoms with Gasteiger partial charge in [-0.05, 0) is 65.8 Å². The van der Waals surface area contributed by atoms with Crippen LogP contribution >= 0.6 is 0 Å². The molecular weight excluding hydrogens is 733 g/mol. The average molecular weight is 784 g/mol. The minimum Gasteiger partial charge on any atom is -0.512 e. The molecule has 2 aromatic heterocycles. The number of carbonyl (C=O) groups excluding carboxylic acids is 1. The Kier molecular flexibility index (Phi) is 11.9. The molecule has 0 atom stereocenters. The van der Waals surface area contributed by atoms with Crippen LogP contribution in [0.25, 0.3) is 32.9 Å². The molecular formula is C40H51IrN2O2-. The molecule has 1 aliphatic rings. The summed E-state index contributed by atoms with van der Waals surface area (Å²) in [5.74, 6) is 0.547. The van der Waals surface area contributed by atoms with Crippen LogP contribution in [0.2, 0.25) is 0 Å². The van der Waals surface area contributed by atoms with E-state index in [4.69, 9.17) is 9.97 Å². The van der Waals surface area contributed by atoms with Crippen molar-refractivity contribution in [2.24, 2.45) is 17.3 Å². The molecule has 0 aliphatic heterocycles. The second kappa shape index (κ2) is 14.7. The van der Waals surface area contributed by atoms with Gasteiger partial charge in [-0.1, -0.05) is 104 Å². The number of carbonyl (C=O) groups is 1. The maximum absolute atomic E-state index is 11.7. The third kappa shape index (κ3) is 7.58. The number of ketones is 1. The molecule has 4 nitrogen and oxygen atoms in total. The van der Waals surface area contributed by atoms with Crippen molar-refractivity contribution in [3.8, 4) is 11.3 Å². The third-order valence-corrected chi connectivity index (χ3v) is 9.32. The topological polar surface area (TPSA) is 63.1 Å². The molecule has 1 radical (unpaired) electrons. The fraction of sp³-hybridized carbons (Fsp3) is 0.475. The van der Waals surface area contributed by atoms with Gasteiger partial charge in [-0.15, -0.1) is 23.3 Å². The summed E-state index contributed by atoms with van der Waals surface area (Å²) in [6, 6.07) is 14.7. The zero-order valence-corrected chi connectivity index (χ0v) is 31.3. The van der Waals surface area contributed by atoms with Crippen LogP contribution in [0.1, 0.15) is 110 Å². The predicted molar refractivity (Wildman–Crippen MR) is 185 cm³/mol. The van der Waals surface area contributed by atoms with E-state index in [1.807, 2.05) is 40.1 Å². The molecule has 1 N–H and O–H groups in total. The van der Waals surface area contributed by atoms with Crippen LogP contribution in [0.3, 0.4) is 0 Å². The number of hydrogen-bond acceptors (Lipinski definition) is 4. The first kappa shape index (κ1) is 36.6. The van der Waals surface area contributed by atoms with Gasteiger partial charge in [0.2, 0.25) is 0 Å². The van der Waals surface area contributed by atoms with Gasteiger partial charge in [0, 0.05) is 55.8 Å². The molecule has 243 valence electrons. The maximum atomic E-state index is 11.7. The van der Waals surface area contributed by atoms with Gasteiger partial charge in [0.1, 0.15) is 0 Å². The van der Waals surface area contributed by atoms with Crippen molar-refractivity contribution in [2.75, 3.05) is 0 Å². The van der Waals surface area contributed by atoms with Gasteiger partial charge in [-0.2, -0.15) is 0 Å². The van der Waals surface area contributed by atoms with Crippen LogP contribution in [0, 0.1) is 30.2 Å². The summed E-state index contributed by atoms with van der Waals surface area (Å²) in [4.78, 5) is 21.4. The van der Waals surface area contributed by atoms with Crippen molar-refractivity contribution in [1.29, 1.82) is 0 Å². The van der Waals surface area contributed by atoms with Gasteiger partial charge in [0.25, 0.3) is 0 Å². The first-order chi connectivity index (χ1) is 20.8. The number of hydrogen-bond donors (Lipinski definition) is 1. The quantitative estimate of drug-likeness (QED) is 0.110. The normalized spacial score (nSPS) is 13.8. The SMILES string of the molecule is CCC(CC)C(=O)/C=C(\O)C(CC)CC.Cc1c[c-]c2c3c(cccc13)C(C)(C)c1c-2ncc2ncc(CC(C)(C)C)cc12.[Ir]. The summed E-state index contributed by atoms with van der Waals surface area (Å²) in [6.45, 7) is 21.7. The second-order valence-corrected chi connectivity index (χ2v) is 14.2. The Morgan fingerprint density at radius 1 is 0.978 bits per heavy atom. The Bertz CT molecular complexity index is 1690. The van der Waals surface area contributed by atoms with E-state index < -0.39 is 0 Å². The number of benzene rings is 2. The fourth-order valence-electron chi connectivity index (χ4n) is 6.77. The molecule has 0 unspecified atom stereocenters. The van der Waals surface area contributed by atoms with E-state index in [1.54, 1.807) is 0 Å². The summed E-state index contributed by atoms with van der Waals surface area (Å²) in [6.07, 6.45) is 9.86. The standard InChI is InChI=1S/C27H27N2.C13H24O2.Ir/c1-16-10-11-19-23-18(16)8-7-9-21(23)27(5,6)24-20-12-17(13-26(2,3)4)14-28-22(20)15-29-25(19)24;1-5-10(6-2)12(14)9-13(15)11(7-3)8-4;/h7-10,12,14-15H,13H2,1-6H3;9-11,14H,5-8H2,1-4H3;/q-1;;/b;12-9-;. The van der Waals surface area contributed by atoms with E-state index in [-0.39, 0.29) is 54.3 Å². The van der Waals surface area contributed by atoms with Crippen LogP contribution in [-0.4, -0.2) is 20.9 Å². The number of aliphatic hydroxyl groups is 1. The summed E-state index contributed by atoms with van der Waals surface area (Å²) in [5, 5.41) is 13.6. The van der Waals surface area contributed by atoms with Gasteiger partial charge < -0.3 is 10.1 Å². The number of aryl methyl sites for hydroxylation is 1. The Morgan fingerprint density at radius 3 is 2.22 bits per heavy atom. The number of allylic oxidation sites excluding steroid dienone is 2. The minimum absolute atomic E-state index is 0. The molecule has 1 aliphatic carbocycles. The Balaban J connectivity index is 0.000000297. The Hall–Kier alpha value is -2.88. The van der Waals surface area contributed by atoms with Gasteiger partial charge in [0.15, 0.2) is 5.78 Å². The summed E-state index contributed by atoms with van der Waals surface area (Å²) >= 11 is 0. The number of fused-ring (bicyclic) bond motifs is 4. The van der Waals surface area contributed by atoms with Gasteiger partial charge >= 0.3 is 0 Å². The van der Waals surface area contributed by atoms with E-state index in [1.165, 1.54) is 44.5 Å². The molecule has 0 amide bonds. The van der Waals surface area contributed by atoms with E-state index in [2.05, 4.69) is 77.9 Å². The van der Waals surface area contributed by atoms with Crippen molar-refractivity contribution in [2.45, 2.75) is 107 Å². The monoisotopic (exact) mass is 784 g/mol. The molecule has 0 saturated heterocycles. The van der Waals surface area contributed by atoms with E-state index >= 15 is 0 Å². The Labute approximate surface area is 284 Å². The predicted octanol–water partition coefficient (Wildman–Crippen LogP) is 10.7. The molecule has 45 heavy (non-hydrogen) atoms. The average Bonchev–Trinajstić information content (AvgIpc) is 2.97. The first-order valence-corrected chi connectivity index (χ1v) is 16.4.